The van der Waals surface area contributed by atoms with Gasteiger partial charge in [0.15, 0.2) is 4.77 Å². The monoisotopic (exact) mass is 174 g/mol. The Kier molecular flexibility index (Phi) is 1.90. The average Bonchev–Trinajstić information content (AvgIpc) is 2.18. The number of carbonyl (C=O) groups excluding carboxylic acids is 1. The van der Waals surface area contributed by atoms with Gasteiger partial charge in [-0.25, -0.2) is 9.89 Å². The van der Waals surface area contributed by atoms with E-state index in [1.165, 1.54) is 0 Å². The largest absolute Gasteiger partial charge is 0.368 e. The first-order valence-electron chi connectivity index (χ1n) is 2.77. The molecule has 4 N–H and O–H groups in total. The fourth-order valence-corrected chi connectivity index (χ4v) is 0.832. The van der Waals surface area contributed by atoms with Crippen LogP contribution in [0.5, 0.6) is 0 Å². The van der Waals surface area contributed by atoms with E-state index in [1.807, 2.05) is 0 Å². The summed E-state index contributed by atoms with van der Waals surface area (Å²) >= 11 is 4.66. The summed E-state index contributed by atoms with van der Waals surface area (Å²) in [5, 5.41) is 4.59. The molecule has 60 valence electrons. The Morgan fingerprint density at radius 2 is 2.27 bits per heavy atom. The van der Waals surface area contributed by atoms with Crippen LogP contribution in [0, 0.1) is 4.77 Å². The van der Waals surface area contributed by atoms with Gasteiger partial charge in [-0.3, -0.25) is 14.5 Å². The Balaban J connectivity index is 3.12. The van der Waals surface area contributed by atoms with Crippen LogP contribution in [0.1, 0.15) is 0 Å². The van der Waals surface area contributed by atoms with Gasteiger partial charge in [-0.1, -0.05) is 0 Å². The number of nitrogens with two attached hydrogens (primary N) is 1. The lowest BCUT2D eigenvalue weighted by molar-refractivity contribution is -0.118. The first-order valence-corrected chi connectivity index (χ1v) is 3.18. The molecule has 0 fully saturated rings. The van der Waals surface area contributed by atoms with Crippen LogP contribution in [0.15, 0.2) is 4.79 Å². The fourth-order valence-electron chi connectivity index (χ4n) is 0.634. The van der Waals surface area contributed by atoms with Gasteiger partial charge in [-0.15, -0.1) is 0 Å². The van der Waals surface area contributed by atoms with Gasteiger partial charge in [0.05, 0.1) is 0 Å². The number of carbonyl (C=O) groups is 1. The molecule has 0 spiro atoms. The van der Waals surface area contributed by atoms with Crippen molar-refractivity contribution in [3.05, 3.63) is 15.3 Å². The van der Waals surface area contributed by atoms with Crippen molar-refractivity contribution < 1.29 is 4.79 Å². The standard InChI is InChI=1S/C4H6N4O2S/c5-2(9)1-8-3(10)6-7-4(8)11/h1H2,(H2,5,9)(H,6,10)(H,7,11). The molecular weight excluding hydrogens is 168 g/mol. The number of aromatic amines is 2. The Morgan fingerprint density at radius 1 is 1.64 bits per heavy atom. The van der Waals surface area contributed by atoms with Crippen molar-refractivity contribution in [3.63, 3.8) is 0 Å². The normalized spacial score (nSPS) is 9.82. The molecule has 1 rings (SSSR count). The number of rotatable bonds is 2. The highest BCUT2D eigenvalue weighted by molar-refractivity contribution is 7.71. The Morgan fingerprint density at radius 3 is 2.64 bits per heavy atom. The molecule has 0 aliphatic heterocycles. The van der Waals surface area contributed by atoms with Gasteiger partial charge in [0.2, 0.25) is 5.91 Å². The first kappa shape index (κ1) is 7.73. The lowest BCUT2D eigenvalue weighted by atomic mass is 10.6. The van der Waals surface area contributed by atoms with E-state index < -0.39 is 11.6 Å². The van der Waals surface area contributed by atoms with Crippen LogP contribution in [0.25, 0.3) is 0 Å². The number of hydrogen-bond donors (Lipinski definition) is 3. The Labute approximate surface area is 66.0 Å². The van der Waals surface area contributed by atoms with E-state index in [9.17, 15) is 9.59 Å². The third-order valence-electron chi connectivity index (χ3n) is 1.08. The summed E-state index contributed by atoms with van der Waals surface area (Å²) < 4.78 is 1.20. The smallest absolute Gasteiger partial charge is 0.342 e. The molecule has 0 saturated heterocycles. The predicted octanol–water partition coefficient (Wildman–Crippen LogP) is -1.28. The van der Waals surface area contributed by atoms with E-state index >= 15 is 0 Å². The van der Waals surface area contributed by atoms with Gasteiger partial charge in [-0.05, 0) is 12.2 Å². The SMILES string of the molecule is NC(=O)Cn1c(=O)[nH][nH]c1=S. The van der Waals surface area contributed by atoms with E-state index in [4.69, 9.17) is 5.73 Å². The number of nitrogens with one attached hydrogen (secondary N) is 2. The van der Waals surface area contributed by atoms with E-state index in [1.54, 1.807) is 0 Å². The van der Waals surface area contributed by atoms with Crippen molar-refractivity contribution >= 4 is 18.1 Å². The van der Waals surface area contributed by atoms with E-state index in [0.717, 1.165) is 4.57 Å². The fraction of sp³-hybridized carbons (Fsp3) is 0.250. The number of hydrogen-bond acceptors (Lipinski definition) is 3. The maximum absolute atomic E-state index is 10.8. The molecule has 0 saturated carbocycles. The van der Waals surface area contributed by atoms with Crippen LogP contribution in [0.3, 0.4) is 0 Å². The molecule has 1 amide bonds. The highest BCUT2D eigenvalue weighted by atomic mass is 32.1. The minimum absolute atomic E-state index is 0.161. The summed E-state index contributed by atoms with van der Waals surface area (Å²) in [5.41, 5.74) is 4.38. The zero-order valence-corrected chi connectivity index (χ0v) is 6.27. The van der Waals surface area contributed by atoms with Crippen LogP contribution in [-0.4, -0.2) is 20.7 Å². The Hall–Kier alpha value is -1.37. The van der Waals surface area contributed by atoms with Gasteiger partial charge in [-0.2, -0.15) is 0 Å². The molecule has 6 nitrogen and oxygen atoms in total. The molecule has 1 aromatic heterocycles. The van der Waals surface area contributed by atoms with Gasteiger partial charge < -0.3 is 5.73 Å². The summed E-state index contributed by atoms with van der Waals surface area (Å²) in [6, 6.07) is 0. The van der Waals surface area contributed by atoms with Crippen molar-refractivity contribution in [2.24, 2.45) is 5.73 Å². The predicted molar refractivity (Wildman–Crippen MR) is 39.4 cm³/mol. The second-order valence-corrected chi connectivity index (χ2v) is 2.30. The van der Waals surface area contributed by atoms with E-state index in [-0.39, 0.29) is 11.3 Å². The number of amides is 1. The van der Waals surface area contributed by atoms with Crippen LogP contribution >= 0.6 is 12.2 Å². The van der Waals surface area contributed by atoms with Crippen molar-refractivity contribution in [2.45, 2.75) is 6.54 Å². The van der Waals surface area contributed by atoms with Gasteiger partial charge in [0, 0.05) is 0 Å². The maximum Gasteiger partial charge on any atom is 0.342 e. The molecule has 11 heavy (non-hydrogen) atoms. The third-order valence-corrected chi connectivity index (χ3v) is 1.40. The summed E-state index contributed by atoms with van der Waals surface area (Å²) in [6.07, 6.45) is 0. The van der Waals surface area contributed by atoms with E-state index in [0.29, 0.717) is 0 Å². The molecule has 0 unspecified atom stereocenters. The van der Waals surface area contributed by atoms with Crippen molar-refractivity contribution in [1.82, 2.24) is 14.8 Å². The van der Waals surface area contributed by atoms with Crippen LogP contribution in [0.4, 0.5) is 0 Å². The lowest BCUT2D eigenvalue weighted by Gasteiger charge is -1.91. The summed E-state index contributed by atoms with van der Waals surface area (Å²) in [4.78, 5) is 21.1. The minimum Gasteiger partial charge on any atom is -0.368 e. The molecular formula is C4H6N4O2S. The van der Waals surface area contributed by atoms with E-state index in [2.05, 4.69) is 22.4 Å². The van der Waals surface area contributed by atoms with Gasteiger partial charge >= 0.3 is 5.69 Å². The molecule has 0 aliphatic carbocycles. The van der Waals surface area contributed by atoms with Gasteiger partial charge in [0.1, 0.15) is 6.54 Å². The van der Waals surface area contributed by atoms with Crippen LogP contribution in [0.2, 0.25) is 0 Å². The van der Waals surface area contributed by atoms with Gasteiger partial charge in [0.25, 0.3) is 0 Å². The Bertz CT molecular complexity index is 344. The second kappa shape index (κ2) is 2.70. The molecule has 0 aromatic carbocycles. The van der Waals surface area contributed by atoms with Crippen LogP contribution in [-0.2, 0) is 11.3 Å². The maximum atomic E-state index is 10.8. The molecule has 0 radical (unpaired) electrons. The zero-order chi connectivity index (χ0) is 8.43. The molecule has 1 heterocycles. The number of nitrogens with zero attached hydrogens (tertiary/aromatic N) is 1. The highest BCUT2D eigenvalue weighted by Gasteiger charge is 2.01. The molecule has 0 aliphatic rings. The molecule has 0 bridgehead atoms. The summed E-state index contributed by atoms with van der Waals surface area (Å²) in [5.74, 6) is -0.605. The first-order chi connectivity index (χ1) is 5.11. The quantitative estimate of drug-likeness (QED) is 0.487. The molecule has 7 heteroatoms. The summed E-state index contributed by atoms with van der Waals surface area (Å²) in [6.45, 7) is -0.197. The highest BCUT2D eigenvalue weighted by Crippen LogP contribution is 1.79. The van der Waals surface area contributed by atoms with Crippen LogP contribution < -0.4 is 11.4 Å². The summed E-state index contributed by atoms with van der Waals surface area (Å²) in [7, 11) is 0. The lowest BCUT2D eigenvalue weighted by Crippen LogP contribution is -2.26. The molecule has 0 atom stereocenters. The minimum atomic E-state index is -0.605. The third kappa shape index (κ3) is 1.55. The van der Waals surface area contributed by atoms with Crippen molar-refractivity contribution in [3.8, 4) is 0 Å². The number of aromatic nitrogens is 3. The topological polar surface area (TPSA) is 96.7 Å². The number of primary amides is 1. The average molecular weight is 174 g/mol. The second-order valence-electron chi connectivity index (χ2n) is 1.91. The van der Waals surface area contributed by atoms with Crippen molar-refractivity contribution in [2.75, 3.05) is 0 Å². The zero-order valence-electron chi connectivity index (χ0n) is 5.46. The van der Waals surface area contributed by atoms with Crippen molar-refractivity contribution in [1.29, 1.82) is 0 Å². The number of H-pyrrole nitrogens is 2. The molecule has 1 aromatic rings.